The molecule has 1 aliphatic carbocycles. The van der Waals surface area contributed by atoms with E-state index in [9.17, 15) is 4.79 Å². The second-order valence-corrected chi connectivity index (χ2v) is 10.9. The molecular formula is C24H22N4OS3. The maximum absolute atomic E-state index is 13.1. The van der Waals surface area contributed by atoms with Crippen molar-refractivity contribution >= 4 is 46.5 Å². The fourth-order valence-corrected chi connectivity index (χ4v) is 5.86. The maximum atomic E-state index is 13.1. The number of para-hydroxylation sites is 1. The van der Waals surface area contributed by atoms with E-state index in [1.165, 1.54) is 11.8 Å². The van der Waals surface area contributed by atoms with Gasteiger partial charge in [0.25, 0.3) is 0 Å². The predicted molar refractivity (Wildman–Crippen MR) is 133 cm³/mol. The molecule has 1 unspecified atom stereocenters. The first-order valence-corrected chi connectivity index (χ1v) is 13.0. The Morgan fingerprint density at radius 2 is 1.84 bits per heavy atom. The fraction of sp³-hybridized carbons (Fsp3) is 0.208. The lowest BCUT2D eigenvalue weighted by Gasteiger charge is -2.15. The monoisotopic (exact) mass is 478 g/mol. The number of hydrogen-bond donors (Lipinski definition) is 1. The zero-order valence-electron chi connectivity index (χ0n) is 17.5. The van der Waals surface area contributed by atoms with E-state index < -0.39 is 0 Å². The second-order valence-electron chi connectivity index (χ2n) is 7.55. The van der Waals surface area contributed by atoms with E-state index in [0.29, 0.717) is 6.04 Å². The summed E-state index contributed by atoms with van der Waals surface area (Å²) in [6.07, 6.45) is 2.27. The number of hydrogen-bond acceptors (Lipinski definition) is 6. The van der Waals surface area contributed by atoms with Crippen LogP contribution in [0.4, 0.5) is 5.69 Å². The average Bonchev–Trinajstić information content (AvgIpc) is 3.33. The van der Waals surface area contributed by atoms with Gasteiger partial charge in [-0.3, -0.25) is 9.36 Å². The normalized spacial score (nSPS) is 14.3. The van der Waals surface area contributed by atoms with Gasteiger partial charge in [-0.2, -0.15) is 0 Å². The van der Waals surface area contributed by atoms with Gasteiger partial charge in [-0.15, -0.1) is 21.5 Å². The van der Waals surface area contributed by atoms with Crippen LogP contribution in [-0.4, -0.2) is 25.9 Å². The van der Waals surface area contributed by atoms with Gasteiger partial charge in [0, 0.05) is 15.8 Å². The summed E-state index contributed by atoms with van der Waals surface area (Å²) < 4.78 is 2.21. The maximum Gasteiger partial charge on any atom is 0.237 e. The van der Waals surface area contributed by atoms with Crippen molar-refractivity contribution < 1.29 is 4.79 Å². The third-order valence-electron chi connectivity index (χ3n) is 5.09. The highest BCUT2D eigenvalue weighted by Gasteiger charge is 2.31. The molecule has 162 valence electrons. The topological polar surface area (TPSA) is 59.8 Å². The van der Waals surface area contributed by atoms with E-state index in [2.05, 4.69) is 43.7 Å². The van der Waals surface area contributed by atoms with Crippen LogP contribution in [0.25, 0.3) is 10.7 Å². The number of rotatable bonds is 8. The molecule has 5 nitrogen and oxygen atoms in total. The highest BCUT2D eigenvalue weighted by Crippen LogP contribution is 2.42. The predicted octanol–water partition coefficient (Wildman–Crippen LogP) is 6.61. The molecule has 1 N–H and O–H groups in total. The molecule has 32 heavy (non-hydrogen) atoms. The van der Waals surface area contributed by atoms with Crippen molar-refractivity contribution in [3.8, 4) is 10.7 Å². The molecule has 5 rings (SSSR count). The van der Waals surface area contributed by atoms with Crippen LogP contribution in [0.1, 0.15) is 25.8 Å². The molecule has 1 aliphatic rings. The minimum Gasteiger partial charge on any atom is -0.324 e. The highest BCUT2D eigenvalue weighted by atomic mass is 32.2. The molecule has 1 fully saturated rings. The van der Waals surface area contributed by atoms with E-state index in [-0.39, 0.29) is 11.2 Å². The summed E-state index contributed by atoms with van der Waals surface area (Å²) in [5, 5.41) is 14.6. The number of thioether (sulfide) groups is 1. The molecule has 1 amide bonds. The van der Waals surface area contributed by atoms with Crippen LogP contribution < -0.4 is 5.32 Å². The van der Waals surface area contributed by atoms with Crippen molar-refractivity contribution in [1.29, 1.82) is 0 Å². The largest absolute Gasteiger partial charge is 0.324 e. The molecule has 2 aromatic carbocycles. The number of amides is 1. The number of benzene rings is 2. The Labute approximate surface area is 199 Å². The first-order valence-electron chi connectivity index (χ1n) is 10.5. The summed E-state index contributed by atoms with van der Waals surface area (Å²) in [4.78, 5) is 16.3. The Morgan fingerprint density at radius 3 is 2.59 bits per heavy atom. The lowest BCUT2D eigenvalue weighted by Crippen LogP contribution is -2.23. The van der Waals surface area contributed by atoms with Crippen molar-refractivity contribution in [2.45, 2.75) is 46.0 Å². The van der Waals surface area contributed by atoms with Crippen LogP contribution in [0.3, 0.4) is 0 Å². The summed E-state index contributed by atoms with van der Waals surface area (Å²) in [7, 11) is 0. The smallest absolute Gasteiger partial charge is 0.237 e. The van der Waals surface area contributed by atoms with E-state index >= 15 is 0 Å². The van der Waals surface area contributed by atoms with Gasteiger partial charge in [0.2, 0.25) is 5.91 Å². The van der Waals surface area contributed by atoms with Crippen molar-refractivity contribution in [2.24, 2.45) is 0 Å². The molecule has 8 heteroatoms. The molecule has 1 atom stereocenters. The molecule has 0 saturated heterocycles. The summed E-state index contributed by atoms with van der Waals surface area (Å²) >= 11 is 4.77. The van der Waals surface area contributed by atoms with Crippen LogP contribution in [0.2, 0.25) is 0 Å². The fourth-order valence-electron chi connectivity index (χ4n) is 3.31. The average molecular weight is 479 g/mol. The number of thiophene rings is 1. The first-order chi connectivity index (χ1) is 15.7. The summed E-state index contributed by atoms with van der Waals surface area (Å²) in [5.41, 5.74) is 0.821. The Balaban J connectivity index is 1.31. The Bertz CT molecular complexity index is 1200. The van der Waals surface area contributed by atoms with Crippen LogP contribution in [0.15, 0.2) is 87.1 Å². The zero-order valence-corrected chi connectivity index (χ0v) is 19.9. The molecule has 1 saturated carbocycles. The van der Waals surface area contributed by atoms with Gasteiger partial charge in [-0.1, -0.05) is 59.9 Å². The minimum atomic E-state index is -0.303. The standard InChI is InChI=1S/C24H22N4OS3/c1-16(31-24-27-26-22(21-12-7-15-30-21)28(24)17-13-14-17)23(29)25-19-10-5-6-11-20(19)32-18-8-3-2-4-9-18/h2-12,15-17H,13-14H2,1H3,(H,25,29). The number of carbonyl (C=O) groups is 1. The third-order valence-corrected chi connectivity index (χ3v) is 8.09. The Morgan fingerprint density at radius 1 is 1.06 bits per heavy atom. The van der Waals surface area contributed by atoms with Crippen molar-refractivity contribution in [3.05, 3.63) is 72.1 Å². The van der Waals surface area contributed by atoms with E-state index in [0.717, 1.165) is 44.2 Å². The van der Waals surface area contributed by atoms with E-state index in [1.807, 2.05) is 55.5 Å². The number of anilines is 1. The molecule has 0 radical (unpaired) electrons. The van der Waals surface area contributed by atoms with Crippen LogP contribution >= 0.6 is 34.9 Å². The highest BCUT2D eigenvalue weighted by molar-refractivity contribution is 8.00. The van der Waals surface area contributed by atoms with Crippen molar-refractivity contribution in [3.63, 3.8) is 0 Å². The van der Waals surface area contributed by atoms with Crippen molar-refractivity contribution in [2.75, 3.05) is 5.32 Å². The lowest BCUT2D eigenvalue weighted by atomic mass is 10.3. The third kappa shape index (κ3) is 4.77. The number of aromatic nitrogens is 3. The summed E-state index contributed by atoms with van der Waals surface area (Å²) in [5.74, 6) is 0.862. The van der Waals surface area contributed by atoms with Crippen LogP contribution in [-0.2, 0) is 4.79 Å². The molecule has 2 aromatic heterocycles. The van der Waals surface area contributed by atoms with Gasteiger partial charge >= 0.3 is 0 Å². The van der Waals surface area contributed by atoms with Gasteiger partial charge < -0.3 is 5.32 Å². The number of nitrogens with one attached hydrogen (secondary N) is 1. The van der Waals surface area contributed by atoms with Crippen LogP contribution in [0, 0.1) is 0 Å². The molecular weight excluding hydrogens is 456 g/mol. The molecule has 0 bridgehead atoms. The number of carbonyl (C=O) groups excluding carboxylic acids is 1. The summed E-state index contributed by atoms with van der Waals surface area (Å²) in [6.45, 7) is 1.92. The molecule has 2 heterocycles. The Kier molecular flexibility index (Phi) is 6.34. The van der Waals surface area contributed by atoms with E-state index in [1.54, 1.807) is 23.1 Å². The van der Waals surface area contributed by atoms with Gasteiger partial charge in [0.05, 0.1) is 15.8 Å². The van der Waals surface area contributed by atoms with Gasteiger partial charge in [-0.05, 0) is 55.5 Å². The molecule has 0 spiro atoms. The van der Waals surface area contributed by atoms with E-state index in [4.69, 9.17) is 0 Å². The second kappa shape index (κ2) is 9.52. The first kappa shape index (κ1) is 21.3. The van der Waals surface area contributed by atoms with Gasteiger partial charge in [0.1, 0.15) is 0 Å². The Hall–Kier alpha value is -2.55. The minimum absolute atomic E-state index is 0.0425. The SMILES string of the molecule is CC(Sc1nnc(-c2cccs2)n1C1CC1)C(=O)Nc1ccccc1Sc1ccccc1. The van der Waals surface area contributed by atoms with Gasteiger partial charge in [-0.25, -0.2) is 0 Å². The zero-order chi connectivity index (χ0) is 21.9. The van der Waals surface area contributed by atoms with Crippen LogP contribution in [0.5, 0.6) is 0 Å². The lowest BCUT2D eigenvalue weighted by molar-refractivity contribution is -0.115. The molecule has 4 aromatic rings. The summed E-state index contributed by atoms with van der Waals surface area (Å²) in [6, 6.07) is 22.6. The quantitative estimate of drug-likeness (QED) is 0.289. The van der Waals surface area contributed by atoms with Gasteiger partial charge in [0.15, 0.2) is 11.0 Å². The molecule has 0 aliphatic heterocycles. The number of nitrogens with zero attached hydrogens (tertiary/aromatic N) is 3. The van der Waals surface area contributed by atoms with Crippen molar-refractivity contribution in [1.82, 2.24) is 14.8 Å².